The number of hydrogen-bond acceptors (Lipinski definition) is 5. The summed E-state index contributed by atoms with van der Waals surface area (Å²) in [6, 6.07) is 10.3. The van der Waals surface area contributed by atoms with Gasteiger partial charge in [0.2, 0.25) is 17.0 Å². The maximum absolute atomic E-state index is 13.8. The lowest BCUT2D eigenvalue weighted by Crippen LogP contribution is -2.10. The second-order valence-corrected chi connectivity index (χ2v) is 6.70. The summed E-state index contributed by atoms with van der Waals surface area (Å²) in [7, 11) is 1.51. The summed E-state index contributed by atoms with van der Waals surface area (Å²) in [5.74, 6) is -9.52. The van der Waals surface area contributed by atoms with Crippen LogP contribution < -0.4 is 19.6 Å². The standard InChI is InChI=1S/C23H13F5O5/c1-30-11-2-4-12(5-3-11)33-17-10-32-16-8-13(6-7-14(16)23(17)29)31-9-15-18(24)20(26)22(28)21(27)19(15)25/h2-8,10H,9H2,1H3. The van der Waals surface area contributed by atoms with E-state index in [1.807, 2.05) is 0 Å². The minimum Gasteiger partial charge on any atom is -0.497 e. The Hall–Kier alpha value is -4.08. The first kappa shape index (κ1) is 22.1. The molecule has 0 saturated heterocycles. The molecule has 3 aromatic carbocycles. The largest absolute Gasteiger partial charge is 0.497 e. The van der Waals surface area contributed by atoms with Crippen LogP contribution in [0, 0.1) is 29.1 Å². The quantitative estimate of drug-likeness (QED) is 0.203. The van der Waals surface area contributed by atoms with Gasteiger partial charge in [-0.3, -0.25) is 4.79 Å². The van der Waals surface area contributed by atoms with Crippen LogP contribution in [0.2, 0.25) is 0 Å². The minimum absolute atomic E-state index is 0.0292. The summed E-state index contributed by atoms with van der Waals surface area (Å²) in [5.41, 5.74) is -1.58. The molecule has 0 fully saturated rings. The first-order valence-electron chi connectivity index (χ1n) is 9.30. The summed E-state index contributed by atoms with van der Waals surface area (Å²) in [6.45, 7) is -0.944. The lowest BCUT2D eigenvalue weighted by atomic mass is 10.1. The van der Waals surface area contributed by atoms with Crippen molar-refractivity contribution in [1.29, 1.82) is 0 Å². The Balaban J connectivity index is 1.57. The van der Waals surface area contributed by atoms with Gasteiger partial charge in [-0.1, -0.05) is 0 Å². The van der Waals surface area contributed by atoms with Crippen molar-refractivity contribution >= 4 is 11.0 Å². The Morgan fingerprint density at radius 2 is 1.36 bits per heavy atom. The Morgan fingerprint density at radius 1 is 0.788 bits per heavy atom. The van der Waals surface area contributed by atoms with E-state index in [2.05, 4.69) is 0 Å². The molecule has 0 saturated carbocycles. The fourth-order valence-electron chi connectivity index (χ4n) is 2.95. The van der Waals surface area contributed by atoms with E-state index < -0.39 is 46.7 Å². The van der Waals surface area contributed by atoms with Crippen LogP contribution >= 0.6 is 0 Å². The predicted molar refractivity (Wildman–Crippen MR) is 106 cm³/mol. The van der Waals surface area contributed by atoms with Gasteiger partial charge in [0.1, 0.15) is 35.7 Å². The first-order chi connectivity index (χ1) is 15.8. The molecule has 0 bridgehead atoms. The lowest BCUT2D eigenvalue weighted by Gasteiger charge is -2.11. The number of ether oxygens (including phenoxy) is 3. The van der Waals surface area contributed by atoms with E-state index in [1.165, 1.54) is 25.3 Å². The predicted octanol–water partition coefficient (Wildman–Crippen LogP) is 5.87. The van der Waals surface area contributed by atoms with E-state index in [-0.39, 0.29) is 22.5 Å². The molecule has 0 radical (unpaired) electrons. The third kappa shape index (κ3) is 4.19. The fraction of sp³-hybridized carbons (Fsp3) is 0.0870. The molecule has 0 aliphatic carbocycles. The van der Waals surface area contributed by atoms with Crippen molar-refractivity contribution in [2.75, 3.05) is 7.11 Å². The highest BCUT2D eigenvalue weighted by Gasteiger charge is 2.26. The van der Waals surface area contributed by atoms with E-state index >= 15 is 0 Å². The molecular weight excluding hydrogens is 451 g/mol. The molecule has 0 spiro atoms. The molecule has 10 heteroatoms. The molecular formula is C23H13F5O5. The SMILES string of the molecule is COc1ccc(Oc2coc3cc(OCc4c(F)c(F)c(F)c(F)c4F)ccc3c2=O)cc1. The van der Waals surface area contributed by atoms with Gasteiger partial charge in [0, 0.05) is 6.07 Å². The third-order valence-electron chi connectivity index (χ3n) is 4.69. The third-order valence-corrected chi connectivity index (χ3v) is 4.69. The molecule has 33 heavy (non-hydrogen) atoms. The Labute approximate surface area is 182 Å². The van der Waals surface area contributed by atoms with E-state index in [9.17, 15) is 26.7 Å². The van der Waals surface area contributed by atoms with Crippen LogP contribution in [-0.2, 0) is 6.61 Å². The van der Waals surface area contributed by atoms with Gasteiger partial charge in [0.15, 0.2) is 23.3 Å². The van der Waals surface area contributed by atoms with Gasteiger partial charge >= 0.3 is 0 Å². The highest BCUT2D eigenvalue weighted by Crippen LogP contribution is 2.27. The van der Waals surface area contributed by atoms with E-state index in [0.717, 1.165) is 6.26 Å². The van der Waals surface area contributed by atoms with Crippen LogP contribution in [-0.4, -0.2) is 7.11 Å². The normalized spacial score (nSPS) is 11.0. The van der Waals surface area contributed by atoms with Crippen LogP contribution in [0.1, 0.15) is 5.56 Å². The molecule has 170 valence electrons. The van der Waals surface area contributed by atoms with Crippen molar-refractivity contribution in [2.24, 2.45) is 0 Å². The Morgan fingerprint density at radius 3 is 2.00 bits per heavy atom. The number of rotatable bonds is 6. The van der Waals surface area contributed by atoms with E-state index in [4.69, 9.17) is 18.6 Å². The summed E-state index contributed by atoms with van der Waals surface area (Å²) in [6.07, 6.45) is 1.07. The van der Waals surface area contributed by atoms with Crippen LogP contribution in [0.4, 0.5) is 22.0 Å². The lowest BCUT2D eigenvalue weighted by molar-refractivity contribution is 0.279. The molecule has 0 unspecified atom stereocenters. The summed E-state index contributed by atoms with van der Waals surface area (Å²) in [5, 5.41) is 0.115. The second kappa shape index (κ2) is 8.81. The Kier molecular flexibility index (Phi) is 5.91. The molecule has 4 rings (SSSR count). The smallest absolute Gasteiger partial charge is 0.235 e. The average Bonchev–Trinajstić information content (AvgIpc) is 2.83. The topological polar surface area (TPSA) is 57.9 Å². The molecule has 1 aromatic heterocycles. The maximum Gasteiger partial charge on any atom is 0.235 e. The van der Waals surface area contributed by atoms with Crippen LogP contribution in [0.25, 0.3) is 11.0 Å². The molecule has 0 aliphatic rings. The number of fused-ring (bicyclic) bond motifs is 1. The zero-order chi connectivity index (χ0) is 23.7. The number of halogens is 5. The van der Waals surface area contributed by atoms with Gasteiger partial charge in [-0.2, -0.15) is 0 Å². The van der Waals surface area contributed by atoms with Crippen molar-refractivity contribution in [1.82, 2.24) is 0 Å². The van der Waals surface area contributed by atoms with Crippen LogP contribution in [0.15, 0.2) is 57.9 Å². The van der Waals surface area contributed by atoms with Gasteiger partial charge in [-0.25, -0.2) is 22.0 Å². The number of benzene rings is 3. The Bertz CT molecular complexity index is 1370. The molecule has 0 N–H and O–H groups in total. The zero-order valence-electron chi connectivity index (χ0n) is 16.8. The van der Waals surface area contributed by atoms with Gasteiger partial charge in [-0.15, -0.1) is 0 Å². The molecule has 0 atom stereocenters. The second-order valence-electron chi connectivity index (χ2n) is 6.70. The number of hydrogen-bond donors (Lipinski definition) is 0. The summed E-state index contributed by atoms with van der Waals surface area (Å²) in [4.78, 5) is 12.7. The van der Waals surface area contributed by atoms with Gasteiger partial charge in [0.25, 0.3) is 0 Å². The zero-order valence-corrected chi connectivity index (χ0v) is 16.8. The summed E-state index contributed by atoms with van der Waals surface area (Å²) >= 11 is 0. The fourth-order valence-corrected chi connectivity index (χ4v) is 2.95. The number of methoxy groups -OCH3 is 1. The van der Waals surface area contributed by atoms with Gasteiger partial charge in [-0.05, 0) is 36.4 Å². The van der Waals surface area contributed by atoms with Gasteiger partial charge < -0.3 is 18.6 Å². The van der Waals surface area contributed by atoms with Crippen LogP contribution in [0.5, 0.6) is 23.0 Å². The monoisotopic (exact) mass is 464 g/mol. The van der Waals surface area contributed by atoms with Gasteiger partial charge in [0.05, 0.1) is 18.1 Å². The maximum atomic E-state index is 13.8. The highest BCUT2D eigenvalue weighted by atomic mass is 19.2. The van der Waals surface area contributed by atoms with E-state index in [0.29, 0.717) is 11.5 Å². The minimum atomic E-state index is -2.26. The summed E-state index contributed by atoms with van der Waals surface area (Å²) < 4.78 is 88.5. The molecule has 5 nitrogen and oxygen atoms in total. The van der Waals surface area contributed by atoms with Crippen molar-refractivity contribution in [3.8, 4) is 23.0 Å². The van der Waals surface area contributed by atoms with Crippen molar-refractivity contribution in [3.63, 3.8) is 0 Å². The average molecular weight is 464 g/mol. The molecule has 1 heterocycles. The van der Waals surface area contributed by atoms with Crippen LogP contribution in [0.3, 0.4) is 0 Å². The van der Waals surface area contributed by atoms with Crippen molar-refractivity contribution < 1.29 is 40.6 Å². The van der Waals surface area contributed by atoms with Crippen molar-refractivity contribution in [3.05, 3.63) is 93.6 Å². The highest BCUT2D eigenvalue weighted by molar-refractivity contribution is 5.79. The first-order valence-corrected chi connectivity index (χ1v) is 9.30. The molecule has 0 aliphatic heterocycles. The molecule has 4 aromatic rings. The van der Waals surface area contributed by atoms with E-state index in [1.54, 1.807) is 24.3 Å². The molecule has 0 amide bonds. The van der Waals surface area contributed by atoms with Crippen molar-refractivity contribution in [2.45, 2.75) is 6.61 Å².